The Bertz CT molecular complexity index is 751. The van der Waals surface area contributed by atoms with Crippen molar-refractivity contribution in [1.82, 2.24) is 19.6 Å². The van der Waals surface area contributed by atoms with Gasteiger partial charge in [-0.2, -0.15) is 0 Å². The minimum Gasteiger partial charge on any atom is -0.465 e. The SMILES string of the molecule is CCC(C)(NC(=O)C1CN(C(=O)O)C1)c1cnc2ccccn12. The summed E-state index contributed by atoms with van der Waals surface area (Å²) < 4.78 is 1.97. The smallest absolute Gasteiger partial charge is 0.407 e. The van der Waals surface area contributed by atoms with Crippen LogP contribution in [0.2, 0.25) is 0 Å². The molecule has 0 bridgehead atoms. The van der Waals surface area contributed by atoms with Gasteiger partial charge in [-0.1, -0.05) is 13.0 Å². The minimum atomic E-state index is -0.978. The summed E-state index contributed by atoms with van der Waals surface area (Å²) in [6.07, 6.45) is 3.43. The number of fused-ring (bicyclic) bond motifs is 1. The maximum Gasteiger partial charge on any atom is 0.407 e. The molecule has 2 amide bonds. The van der Waals surface area contributed by atoms with Crippen molar-refractivity contribution in [2.24, 2.45) is 5.92 Å². The number of hydrogen-bond acceptors (Lipinski definition) is 3. The molecule has 0 aliphatic carbocycles. The van der Waals surface area contributed by atoms with E-state index < -0.39 is 11.6 Å². The number of amides is 2. The molecule has 0 saturated carbocycles. The Morgan fingerprint density at radius 2 is 2.17 bits per heavy atom. The second kappa shape index (κ2) is 5.57. The van der Waals surface area contributed by atoms with E-state index >= 15 is 0 Å². The number of carbonyl (C=O) groups excluding carboxylic acids is 1. The van der Waals surface area contributed by atoms with Gasteiger partial charge in [-0.25, -0.2) is 9.78 Å². The maximum absolute atomic E-state index is 12.4. The average Bonchev–Trinajstić information content (AvgIpc) is 2.89. The van der Waals surface area contributed by atoms with Crippen LogP contribution in [0.25, 0.3) is 5.65 Å². The van der Waals surface area contributed by atoms with Crippen LogP contribution in [0.3, 0.4) is 0 Å². The zero-order valence-corrected chi connectivity index (χ0v) is 13.2. The van der Waals surface area contributed by atoms with E-state index in [1.54, 1.807) is 6.20 Å². The molecule has 1 aliphatic rings. The monoisotopic (exact) mass is 316 g/mol. The molecule has 1 unspecified atom stereocenters. The summed E-state index contributed by atoms with van der Waals surface area (Å²) in [6.45, 7) is 4.49. The molecule has 0 aromatic carbocycles. The fraction of sp³-hybridized carbons (Fsp3) is 0.438. The van der Waals surface area contributed by atoms with Crippen LogP contribution in [0.5, 0.6) is 0 Å². The summed E-state index contributed by atoms with van der Waals surface area (Å²) in [6, 6.07) is 5.76. The van der Waals surface area contributed by atoms with E-state index in [4.69, 9.17) is 5.11 Å². The Labute approximate surface area is 133 Å². The quantitative estimate of drug-likeness (QED) is 0.898. The van der Waals surface area contributed by atoms with Gasteiger partial charge >= 0.3 is 6.09 Å². The lowest BCUT2D eigenvalue weighted by molar-refractivity contribution is -0.131. The van der Waals surface area contributed by atoms with E-state index in [9.17, 15) is 9.59 Å². The van der Waals surface area contributed by atoms with Crippen molar-refractivity contribution >= 4 is 17.6 Å². The first-order valence-electron chi connectivity index (χ1n) is 7.67. The Balaban J connectivity index is 1.79. The van der Waals surface area contributed by atoms with E-state index in [0.717, 1.165) is 11.3 Å². The summed E-state index contributed by atoms with van der Waals surface area (Å²) in [5.74, 6) is -0.395. The van der Waals surface area contributed by atoms with Crippen LogP contribution >= 0.6 is 0 Å². The van der Waals surface area contributed by atoms with E-state index in [-0.39, 0.29) is 24.9 Å². The van der Waals surface area contributed by atoms with Crippen molar-refractivity contribution in [3.05, 3.63) is 36.3 Å². The van der Waals surface area contributed by atoms with Crippen LogP contribution in [0.1, 0.15) is 26.0 Å². The number of pyridine rings is 1. The summed E-state index contributed by atoms with van der Waals surface area (Å²) >= 11 is 0. The molecular weight excluding hydrogens is 296 g/mol. The van der Waals surface area contributed by atoms with E-state index in [1.165, 1.54) is 4.90 Å². The molecule has 2 N–H and O–H groups in total. The number of nitrogens with zero attached hydrogens (tertiary/aromatic N) is 3. The van der Waals surface area contributed by atoms with Gasteiger partial charge in [0, 0.05) is 19.3 Å². The van der Waals surface area contributed by atoms with E-state index in [1.807, 2.05) is 42.6 Å². The van der Waals surface area contributed by atoms with Gasteiger partial charge in [0.15, 0.2) is 0 Å². The molecule has 3 heterocycles. The van der Waals surface area contributed by atoms with Gasteiger partial charge < -0.3 is 19.7 Å². The van der Waals surface area contributed by atoms with Crippen LogP contribution in [0, 0.1) is 5.92 Å². The average molecular weight is 316 g/mol. The number of carboxylic acid groups (broad SMARTS) is 1. The first-order chi connectivity index (χ1) is 10.9. The summed E-state index contributed by atoms with van der Waals surface area (Å²) in [5.41, 5.74) is 1.19. The number of carbonyl (C=O) groups is 2. The highest BCUT2D eigenvalue weighted by molar-refractivity contribution is 5.83. The van der Waals surface area contributed by atoms with Crippen molar-refractivity contribution < 1.29 is 14.7 Å². The number of nitrogens with one attached hydrogen (secondary N) is 1. The van der Waals surface area contributed by atoms with Crippen molar-refractivity contribution in [2.45, 2.75) is 25.8 Å². The predicted molar refractivity (Wildman–Crippen MR) is 84.1 cm³/mol. The molecule has 23 heavy (non-hydrogen) atoms. The second-order valence-corrected chi connectivity index (χ2v) is 6.13. The molecule has 2 aromatic heterocycles. The minimum absolute atomic E-state index is 0.113. The largest absolute Gasteiger partial charge is 0.465 e. The molecule has 2 aromatic rings. The van der Waals surface area contributed by atoms with Crippen LogP contribution < -0.4 is 5.32 Å². The van der Waals surface area contributed by atoms with Crippen LogP contribution in [0.4, 0.5) is 4.79 Å². The summed E-state index contributed by atoms with van der Waals surface area (Å²) in [7, 11) is 0. The first kappa shape index (κ1) is 15.3. The molecule has 1 aliphatic heterocycles. The number of aromatic nitrogens is 2. The molecule has 122 valence electrons. The lowest BCUT2D eigenvalue weighted by Crippen LogP contribution is -2.58. The van der Waals surface area contributed by atoms with Crippen molar-refractivity contribution in [3.63, 3.8) is 0 Å². The molecule has 3 rings (SSSR count). The normalized spacial score (nSPS) is 17.6. The molecule has 7 nitrogen and oxygen atoms in total. The number of rotatable bonds is 4. The number of likely N-dealkylation sites (tertiary alicyclic amines) is 1. The molecule has 0 radical (unpaired) electrons. The molecule has 1 fully saturated rings. The first-order valence-corrected chi connectivity index (χ1v) is 7.67. The Morgan fingerprint density at radius 1 is 1.43 bits per heavy atom. The van der Waals surface area contributed by atoms with Gasteiger partial charge in [0.05, 0.1) is 23.3 Å². The third-order valence-corrected chi connectivity index (χ3v) is 4.61. The fourth-order valence-electron chi connectivity index (χ4n) is 2.85. The zero-order valence-electron chi connectivity index (χ0n) is 13.2. The van der Waals surface area contributed by atoms with E-state index in [0.29, 0.717) is 6.42 Å². The highest BCUT2D eigenvalue weighted by Crippen LogP contribution is 2.27. The third kappa shape index (κ3) is 2.62. The Morgan fingerprint density at radius 3 is 2.83 bits per heavy atom. The van der Waals surface area contributed by atoms with Gasteiger partial charge in [0.25, 0.3) is 0 Å². The predicted octanol–water partition coefficient (Wildman–Crippen LogP) is 1.69. The highest BCUT2D eigenvalue weighted by Gasteiger charge is 2.39. The molecule has 1 atom stereocenters. The van der Waals surface area contributed by atoms with Crippen molar-refractivity contribution in [2.75, 3.05) is 13.1 Å². The van der Waals surface area contributed by atoms with Crippen molar-refractivity contribution in [3.8, 4) is 0 Å². The zero-order chi connectivity index (χ0) is 16.6. The summed E-state index contributed by atoms with van der Waals surface area (Å²) in [5, 5.41) is 11.9. The van der Waals surface area contributed by atoms with Crippen LogP contribution in [0.15, 0.2) is 30.6 Å². The fourth-order valence-corrected chi connectivity index (χ4v) is 2.85. The lowest BCUT2D eigenvalue weighted by Gasteiger charge is -2.38. The van der Waals surface area contributed by atoms with Gasteiger partial charge in [-0.15, -0.1) is 0 Å². The number of hydrogen-bond donors (Lipinski definition) is 2. The Kier molecular flexibility index (Phi) is 3.71. The summed E-state index contributed by atoms with van der Waals surface area (Å²) in [4.78, 5) is 28.9. The third-order valence-electron chi connectivity index (χ3n) is 4.61. The van der Waals surface area contributed by atoms with Crippen molar-refractivity contribution in [1.29, 1.82) is 0 Å². The molecule has 0 spiro atoms. The topological polar surface area (TPSA) is 86.9 Å². The number of imidazole rings is 1. The van der Waals surface area contributed by atoms with Crippen LogP contribution in [-0.2, 0) is 10.3 Å². The molecule has 1 saturated heterocycles. The van der Waals surface area contributed by atoms with Gasteiger partial charge in [0.2, 0.25) is 5.91 Å². The molecule has 7 heteroatoms. The molecular formula is C16H20N4O3. The van der Waals surface area contributed by atoms with E-state index in [2.05, 4.69) is 10.3 Å². The van der Waals surface area contributed by atoms with Gasteiger partial charge in [0.1, 0.15) is 5.65 Å². The highest BCUT2D eigenvalue weighted by atomic mass is 16.4. The maximum atomic E-state index is 12.4. The second-order valence-electron chi connectivity index (χ2n) is 6.13. The lowest BCUT2D eigenvalue weighted by atomic mass is 9.92. The standard InChI is InChI=1S/C16H20N4O3/c1-3-16(2,12-8-17-13-6-4-5-7-20(12)13)18-14(21)11-9-19(10-11)15(22)23/h4-8,11H,3,9-10H2,1-2H3,(H,18,21)(H,22,23). The van der Waals surface area contributed by atoms with Gasteiger partial charge in [-0.05, 0) is 25.5 Å². The Hall–Kier alpha value is -2.57. The van der Waals surface area contributed by atoms with Crippen LogP contribution in [-0.4, -0.2) is 44.5 Å². The van der Waals surface area contributed by atoms with Gasteiger partial charge in [-0.3, -0.25) is 4.79 Å².